The minimum absolute atomic E-state index is 0.295. The number of aliphatic carboxylic acids is 1. The van der Waals surface area contributed by atoms with Gasteiger partial charge in [0.05, 0.1) is 0 Å². The van der Waals surface area contributed by atoms with Crippen molar-refractivity contribution in [3.05, 3.63) is 0 Å². The third kappa shape index (κ3) is 7.78. The number of carboxylic acids is 1. The summed E-state index contributed by atoms with van der Waals surface area (Å²) >= 11 is 0. The molecule has 0 rings (SSSR count). The molecule has 0 aromatic heterocycles. The van der Waals surface area contributed by atoms with Crippen LogP contribution in [0.4, 0.5) is 0 Å². The van der Waals surface area contributed by atoms with Crippen LogP contribution in [0.15, 0.2) is 0 Å². The molecule has 16 heavy (non-hydrogen) atoms. The van der Waals surface area contributed by atoms with E-state index in [9.17, 15) is 14.4 Å². The Hall–Kier alpha value is -1.59. The van der Waals surface area contributed by atoms with Crippen molar-refractivity contribution in [1.29, 1.82) is 0 Å². The van der Waals surface area contributed by atoms with Gasteiger partial charge in [0.25, 0.3) is 0 Å². The summed E-state index contributed by atoms with van der Waals surface area (Å²) in [5, 5.41) is 8.20. The number of carbonyl (C=O) groups excluding carboxylic acids is 2. The Morgan fingerprint density at radius 3 is 2.19 bits per heavy atom. The molecule has 0 radical (unpaired) electrons. The van der Waals surface area contributed by atoms with Crippen LogP contribution in [0.25, 0.3) is 0 Å². The normalized spacial score (nSPS) is 9.56. The highest BCUT2D eigenvalue weighted by Gasteiger charge is 2.11. The second-order valence-corrected chi connectivity index (χ2v) is 3.47. The number of hydrogen-bond acceptors (Lipinski definition) is 3. The Labute approximate surface area is 94.4 Å². The first-order chi connectivity index (χ1) is 7.57. The summed E-state index contributed by atoms with van der Waals surface area (Å²) in [6.45, 7) is 2.11. The quantitative estimate of drug-likeness (QED) is 0.353. The maximum atomic E-state index is 11.1. The first-order valence-electron chi connectivity index (χ1n) is 5.40. The SMILES string of the molecule is CCCCCCCC(=O)NNC(=O)C(=O)O. The van der Waals surface area contributed by atoms with Crippen LogP contribution in [-0.2, 0) is 14.4 Å². The summed E-state index contributed by atoms with van der Waals surface area (Å²) in [5.41, 5.74) is 3.83. The van der Waals surface area contributed by atoms with Gasteiger partial charge in [-0.1, -0.05) is 32.6 Å². The molecular formula is C10H18N2O4. The van der Waals surface area contributed by atoms with Gasteiger partial charge in [0.15, 0.2) is 0 Å². The molecule has 0 aliphatic carbocycles. The van der Waals surface area contributed by atoms with E-state index in [1.54, 1.807) is 5.43 Å². The average Bonchev–Trinajstić information content (AvgIpc) is 2.25. The van der Waals surface area contributed by atoms with Gasteiger partial charge >= 0.3 is 11.9 Å². The average molecular weight is 230 g/mol. The van der Waals surface area contributed by atoms with Crippen LogP contribution in [0, 0.1) is 0 Å². The molecule has 6 heteroatoms. The molecule has 0 saturated carbocycles. The van der Waals surface area contributed by atoms with Crippen LogP contribution in [0.1, 0.15) is 45.4 Å². The zero-order chi connectivity index (χ0) is 12.4. The minimum Gasteiger partial charge on any atom is -0.474 e. The Bertz CT molecular complexity index is 253. The zero-order valence-corrected chi connectivity index (χ0v) is 9.41. The Balaban J connectivity index is 3.45. The van der Waals surface area contributed by atoms with Crippen molar-refractivity contribution in [3.8, 4) is 0 Å². The van der Waals surface area contributed by atoms with Gasteiger partial charge in [-0.25, -0.2) is 4.79 Å². The lowest BCUT2D eigenvalue weighted by atomic mass is 10.1. The number of hydrazine groups is 1. The first kappa shape index (κ1) is 14.4. The van der Waals surface area contributed by atoms with E-state index in [-0.39, 0.29) is 5.91 Å². The molecule has 6 nitrogen and oxygen atoms in total. The summed E-state index contributed by atoms with van der Waals surface area (Å²) in [6.07, 6.45) is 5.38. The van der Waals surface area contributed by atoms with E-state index in [4.69, 9.17) is 5.11 Å². The molecule has 0 saturated heterocycles. The Morgan fingerprint density at radius 2 is 1.62 bits per heavy atom. The summed E-state index contributed by atoms with van der Waals surface area (Å²) in [5.74, 6) is -3.23. The van der Waals surface area contributed by atoms with Gasteiger partial charge in [-0.2, -0.15) is 0 Å². The zero-order valence-electron chi connectivity index (χ0n) is 9.41. The third-order valence-electron chi connectivity index (χ3n) is 2.02. The van der Waals surface area contributed by atoms with Crippen molar-refractivity contribution in [1.82, 2.24) is 10.9 Å². The fourth-order valence-corrected chi connectivity index (χ4v) is 1.13. The lowest BCUT2D eigenvalue weighted by molar-refractivity contribution is -0.151. The van der Waals surface area contributed by atoms with Crippen LogP contribution in [0.2, 0.25) is 0 Å². The van der Waals surface area contributed by atoms with Crippen LogP contribution in [0.3, 0.4) is 0 Å². The van der Waals surface area contributed by atoms with Crippen LogP contribution >= 0.6 is 0 Å². The summed E-state index contributed by atoms with van der Waals surface area (Å²) < 4.78 is 0. The van der Waals surface area contributed by atoms with Crippen LogP contribution in [0.5, 0.6) is 0 Å². The first-order valence-corrected chi connectivity index (χ1v) is 5.40. The van der Waals surface area contributed by atoms with E-state index in [1.165, 1.54) is 0 Å². The largest absolute Gasteiger partial charge is 0.474 e. The Morgan fingerprint density at radius 1 is 1.00 bits per heavy atom. The lowest BCUT2D eigenvalue weighted by Crippen LogP contribution is -2.44. The van der Waals surface area contributed by atoms with E-state index in [2.05, 4.69) is 6.92 Å². The van der Waals surface area contributed by atoms with Crippen molar-refractivity contribution < 1.29 is 19.5 Å². The van der Waals surface area contributed by atoms with Gasteiger partial charge in [0.2, 0.25) is 5.91 Å². The molecule has 0 heterocycles. The molecule has 3 N–H and O–H groups in total. The molecule has 0 unspecified atom stereocenters. The number of rotatable bonds is 6. The number of hydrogen-bond donors (Lipinski definition) is 3. The highest BCUT2D eigenvalue weighted by Crippen LogP contribution is 2.04. The van der Waals surface area contributed by atoms with Gasteiger partial charge in [-0.15, -0.1) is 0 Å². The van der Waals surface area contributed by atoms with Gasteiger partial charge in [0.1, 0.15) is 0 Å². The molecule has 0 aliphatic heterocycles. The smallest absolute Gasteiger partial charge is 0.396 e. The number of unbranched alkanes of at least 4 members (excludes halogenated alkanes) is 4. The van der Waals surface area contributed by atoms with E-state index in [1.807, 2.05) is 5.43 Å². The fraction of sp³-hybridized carbons (Fsp3) is 0.700. The number of carboxylic acid groups (broad SMARTS) is 1. The number of amides is 2. The monoisotopic (exact) mass is 230 g/mol. The standard InChI is InChI=1S/C10H18N2O4/c1-2-3-4-5-6-7-8(13)11-12-9(14)10(15)16/h2-7H2,1H3,(H,11,13)(H,12,14)(H,15,16). The predicted octanol–water partition coefficient (Wildman–Crippen LogP) is 0.579. The van der Waals surface area contributed by atoms with Crippen molar-refractivity contribution >= 4 is 17.8 Å². The second kappa shape index (κ2) is 8.70. The van der Waals surface area contributed by atoms with Crippen molar-refractivity contribution in [2.45, 2.75) is 45.4 Å². The van der Waals surface area contributed by atoms with Gasteiger partial charge in [-0.3, -0.25) is 20.4 Å². The molecule has 0 aromatic carbocycles. The molecule has 0 aromatic rings. The second-order valence-electron chi connectivity index (χ2n) is 3.47. The summed E-state index contributed by atoms with van der Waals surface area (Å²) in [7, 11) is 0. The fourth-order valence-electron chi connectivity index (χ4n) is 1.13. The summed E-state index contributed by atoms with van der Waals surface area (Å²) in [4.78, 5) is 31.7. The van der Waals surface area contributed by atoms with Gasteiger partial charge in [-0.05, 0) is 6.42 Å². The third-order valence-corrected chi connectivity index (χ3v) is 2.02. The molecule has 0 aliphatic rings. The predicted molar refractivity (Wildman–Crippen MR) is 57.3 cm³/mol. The summed E-state index contributed by atoms with van der Waals surface area (Å²) in [6, 6.07) is 0. The molecular weight excluding hydrogens is 212 g/mol. The van der Waals surface area contributed by atoms with E-state index in [0.717, 1.165) is 32.1 Å². The molecule has 0 atom stereocenters. The molecule has 0 bridgehead atoms. The maximum Gasteiger partial charge on any atom is 0.396 e. The number of carbonyl (C=O) groups is 3. The molecule has 2 amide bonds. The minimum atomic E-state index is -1.62. The molecule has 92 valence electrons. The maximum absolute atomic E-state index is 11.1. The van der Waals surface area contributed by atoms with Crippen LogP contribution in [-0.4, -0.2) is 22.9 Å². The molecule has 0 fully saturated rings. The highest BCUT2D eigenvalue weighted by molar-refractivity contribution is 6.31. The van der Waals surface area contributed by atoms with Crippen molar-refractivity contribution in [2.75, 3.05) is 0 Å². The number of nitrogens with one attached hydrogen (secondary N) is 2. The van der Waals surface area contributed by atoms with E-state index in [0.29, 0.717) is 6.42 Å². The lowest BCUT2D eigenvalue weighted by Gasteiger charge is -2.04. The van der Waals surface area contributed by atoms with Crippen molar-refractivity contribution in [2.24, 2.45) is 0 Å². The highest BCUT2D eigenvalue weighted by atomic mass is 16.4. The van der Waals surface area contributed by atoms with Gasteiger partial charge < -0.3 is 5.11 Å². The van der Waals surface area contributed by atoms with E-state index < -0.39 is 11.9 Å². The van der Waals surface area contributed by atoms with Crippen LogP contribution < -0.4 is 10.9 Å². The van der Waals surface area contributed by atoms with Gasteiger partial charge in [0, 0.05) is 6.42 Å². The molecule has 0 spiro atoms. The topological polar surface area (TPSA) is 95.5 Å². The Kier molecular flexibility index (Phi) is 7.83. The van der Waals surface area contributed by atoms with E-state index >= 15 is 0 Å². The van der Waals surface area contributed by atoms with Crippen molar-refractivity contribution in [3.63, 3.8) is 0 Å².